The molecule has 2 atom stereocenters. The van der Waals surface area contributed by atoms with Crippen LogP contribution in [-0.2, 0) is 16.4 Å². The van der Waals surface area contributed by atoms with Crippen molar-refractivity contribution >= 4 is 21.7 Å². The molecule has 1 saturated carbocycles. The van der Waals surface area contributed by atoms with Crippen LogP contribution in [0.3, 0.4) is 0 Å². The molecule has 0 bridgehead atoms. The summed E-state index contributed by atoms with van der Waals surface area (Å²) in [5.41, 5.74) is 4.66. The maximum atomic E-state index is 13.2. The van der Waals surface area contributed by atoms with E-state index in [-0.39, 0.29) is 23.2 Å². The third-order valence-corrected chi connectivity index (χ3v) is 9.39. The van der Waals surface area contributed by atoms with E-state index in [2.05, 4.69) is 27.1 Å². The molecular weight excluding hydrogens is 500 g/mol. The van der Waals surface area contributed by atoms with Crippen LogP contribution in [0, 0.1) is 0 Å². The summed E-state index contributed by atoms with van der Waals surface area (Å²) in [7, 11) is -3.32. The number of hydrogen-bond donors (Lipinski definition) is 2. The summed E-state index contributed by atoms with van der Waals surface area (Å²) >= 11 is 0. The summed E-state index contributed by atoms with van der Waals surface area (Å²) in [6.07, 6.45) is 7.28. The number of nitrogens with zero attached hydrogens (tertiary/aromatic N) is 3. The lowest BCUT2D eigenvalue weighted by molar-refractivity contribution is 0.0916. The summed E-state index contributed by atoms with van der Waals surface area (Å²) in [6, 6.07) is 11.4. The van der Waals surface area contributed by atoms with Crippen LogP contribution in [0.25, 0.3) is 0 Å². The first-order valence-electron chi connectivity index (χ1n) is 13.3. The van der Waals surface area contributed by atoms with Crippen LogP contribution >= 0.6 is 0 Å². The molecule has 0 spiro atoms. The number of benzene rings is 2. The normalized spacial score (nSPS) is 18.1. The van der Waals surface area contributed by atoms with Crippen LogP contribution in [0.2, 0.25) is 0 Å². The Hall–Kier alpha value is -3.30. The van der Waals surface area contributed by atoms with Crippen molar-refractivity contribution in [1.29, 1.82) is 0 Å². The molecule has 1 fully saturated rings. The minimum Gasteiger partial charge on any atom is -0.394 e. The van der Waals surface area contributed by atoms with Gasteiger partial charge in [0.1, 0.15) is 0 Å². The number of rotatable bonds is 9. The lowest BCUT2D eigenvalue weighted by Gasteiger charge is -2.34. The molecule has 1 amide bonds. The van der Waals surface area contributed by atoms with Crippen LogP contribution < -0.4 is 10.2 Å². The Bertz CT molecular complexity index is 1400. The summed E-state index contributed by atoms with van der Waals surface area (Å²) in [5.74, 6) is 1.35. The van der Waals surface area contributed by atoms with Crippen molar-refractivity contribution in [3.05, 3.63) is 82.7 Å². The molecule has 8 nitrogen and oxygen atoms in total. The zero-order valence-corrected chi connectivity index (χ0v) is 22.6. The Labute approximate surface area is 224 Å². The summed E-state index contributed by atoms with van der Waals surface area (Å²) in [4.78, 5) is 24.9. The monoisotopic (exact) mass is 534 g/mol. The van der Waals surface area contributed by atoms with Crippen molar-refractivity contribution in [2.75, 3.05) is 23.8 Å². The third-order valence-electron chi connectivity index (χ3n) is 7.64. The number of carbonyl (C=O) groups excluding carboxylic acids is 1. The fourth-order valence-electron chi connectivity index (χ4n) is 5.09. The fraction of sp³-hybridized carbons (Fsp3) is 0.414. The van der Waals surface area contributed by atoms with Crippen LogP contribution in [0.15, 0.2) is 59.8 Å². The number of carbonyl (C=O) groups is 1. The number of aliphatic hydroxyl groups excluding tert-OH is 1. The third kappa shape index (κ3) is 5.44. The number of anilines is 1. The Morgan fingerprint density at radius 2 is 1.82 bits per heavy atom. The smallest absolute Gasteiger partial charge is 0.251 e. The number of nitrogens with one attached hydrogen (secondary N) is 1. The molecule has 2 aliphatic rings. The van der Waals surface area contributed by atoms with E-state index < -0.39 is 15.9 Å². The maximum absolute atomic E-state index is 13.2. The lowest BCUT2D eigenvalue weighted by atomic mass is 9.87. The largest absolute Gasteiger partial charge is 0.394 e. The Morgan fingerprint density at radius 1 is 1.11 bits per heavy atom. The highest BCUT2D eigenvalue weighted by Crippen LogP contribution is 2.40. The molecule has 1 aromatic heterocycles. The summed E-state index contributed by atoms with van der Waals surface area (Å²) in [5, 5.41) is 12.9. The van der Waals surface area contributed by atoms with E-state index in [4.69, 9.17) is 0 Å². The van der Waals surface area contributed by atoms with E-state index >= 15 is 0 Å². The van der Waals surface area contributed by atoms with E-state index in [0.29, 0.717) is 35.5 Å². The lowest BCUT2D eigenvalue weighted by Crippen LogP contribution is -2.35. The molecule has 2 heterocycles. The first kappa shape index (κ1) is 26.3. The molecule has 5 rings (SSSR count). The van der Waals surface area contributed by atoms with Gasteiger partial charge in [-0.3, -0.25) is 4.79 Å². The van der Waals surface area contributed by atoms with Gasteiger partial charge in [0.25, 0.3) is 5.91 Å². The van der Waals surface area contributed by atoms with Gasteiger partial charge in [0.05, 0.1) is 23.3 Å². The number of fused-ring (bicyclic) bond motifs is 1. The molecule has 2 aromatic carbocycles. The quantitative estimate of drug-likeness (QED) is 0.425. The molecular formula is C29H34N4O4S. The second-order valence-corrected chi connectivity index (χ2v) is 12.4. The number of aliphatic hydroxyl groups is 1. The second kappa shape index (κ2) is 10.8. The molecule has 200 valence electrons. The molecule has 9 heteroatoms. The van der Waals surface area contributed by atoms with Crippen LogP contribution in [0.5, 0.6) is 0 Å². The number of hydrogen-bond acceptors (Lipinski definition) is 7. The first-order valence-corrected chi connectivity index (χ1v) is 14.9. The van der Waals surface area contributed by atoms with E-state index in [0.717, 1.165) is 18.5 Å². The number of aromatic nitrogens is 2. The molecule has 1 aliphatic carbocycles. The molecule has 38 heavy (non-hydrogen) atoms. The Morgan fingerprint density at radius 3 is 2.42 bits per heavy atom. The van der Waals surface area contributed by atoms with Gasteiger partial charge in [0.15, 0.2) is 9.84 Å². The average molecular weight is 535 g/mol. The van der Waals surface area contributed by atoms with Gasteiger partial charge in [-0.25, -0.2) is 18.4 Å². The standard InChI is InChI=1S/C29H34N4O4S/c1-3-19-16-33(29-30-14-24(15-31-29)20-5-6-20)17-23-13-22(9-12-26(19)23)28(35)32-27(18-34)21-7-10-25(11-8-21)38(36,37)4-2/h7-15,19-20,27,34H,3-6,16-18H2,1-2H3,(H,32,35)/t19-,27-/m0/s1. The van der Waals surface area contributed by atoms with Crippen molar-refractivity contribution in [3.63, 3.8) is 0 Å². The topological polar surface area (TPSA) is 112 Å². The SMILES string of the molecule is CC[C@H]1CN(c2ncc(C3CC3)cn2)Cc2cc(C(=O)N[C@@H](CO)c3ccc(S(=O)(=O)CC)cc3)ccc21. The van der Waals surface area contributed by atoms with Gasteiger partial charge in [-0.2, -0.15) is 0 Å². The first-order chi connectivity index (χ1) is 18.3. The van der Waals surface area contributed by atoms with Gasteiger partial charge < -0.3 is 15.3 Å². The van der Waals surface area contributed by atoms with Crippen molar-refractivity contribution in [2.24, 2.45) is 0 Å². The molecule has 0 saturated heterocycles. The van der Waals surface area contributed by atoms with Crippen LogP contribution in [0.1, 0.15) is 83.6 Å². The van der Waals surface area contributed by atoms with E-state index in [1.54, 1.807) is 19.1 Å². The van der Waals surface area contributed by atoms with E-state index in [9.17, 15) is 18.3 Å². The van der Waals surface area contributed by atoms with Crippen LogP contribution in [0.4, 0.5) is 5.95 Å². The highest BCUT2D eigenvalue weighted by molar-refractivity contribution is 7.91. The molecule has 0 unspecified atom stereocenters. The van der Waals surface area contributed by atoms with Crippen LogP contribution in [-0.4, -0.2) is 48.3 Å². The van der Waals surface area contributed by atoms with Crippen molar-refractivity contribution in [2.45, 2.75) is 62.4 Å². The van der Waals surface area contributed by atoms with Gasteiger partial charge in [-0.05, 0) is 71.7 Å². The average Bonchev–Trinajstić information content (AvgIpc) is 3.81. The van der Waals surface area contributed by atoms with Crippen molar-refractivity contribution in [3.8, 4) is 0 Å². The molecule has 1 aliphatic heterocycles. The maximum Gasteiger partial charge on any atom is 0.251 e. The Kier molecular flexibility index (Phi) is 7.49. The van der Waals surface area contributed by atoms with Gasteiger partial charge in [-0.15, -0.1) is 0 Å². The van der Waals surface area contributed by atoms with Gasteiger partial charge in [-0.1, -0.05) is 32.0 Å². The molecule has 0 radical (unpaired) electrons. The predicted molar refractivity (Wildman–Crippen MR) is 146 cm³/mol. The van der Waals surface area contributed by atoms with Gasteiger partial charge in [0.2, 0.25) is 5.95 Å². The number of amides is 1. The molecule has 3 aromatic rings. The highest BCUT2D eigenvalue weighted by Gasteiger charge is 2.28. The minimum absolute atomic E-state index is 0.0130. The van der Waals surface area contributed by atoms with Gasteiger partial charge in [0, 0.05) is 37.0 Å². The summed E-state index contributed by atoms with van der Waals surface area (Å²) in [6.45, 7) is 4.90. The Balaban J connectivity index is 1.33. The minimum atomic E-state index is -3.32. The number of sulfone groups is 1. The summed E-state index contributed by atoms with van der Waals surface area (Å²) < 4.78 is 24.2. The van der Waals surface area contributed by atoms with Gasteiger partial charge >= 0.3 is 0 Å². The zero-order valence-electron chi connectivity index (χ0n) is 21.8. The van der Waals surface area contributed by atoms with E-state index in [1.807, 2.05) is 30.6 Å². The highest BCUT2D eigenvalue weighted by atomic mass is 32.2. The molecule has 2 N–H and O–H groups in total. The second-order valence-electron chi connectivity index (χ2n) is 10.2. The van der Waals surface area contributed by atoms with E-state index in [1.165, 1.54) is 36.1 Å². The van der Waals surface area contributed by atoms with Crippen molar-refractivity contribution < 1.29 is 18.3 Å². The van der Waals surface area contributed by atoms with Crippen molar-refractivity contribution in [1.82, 2.24) is 15.3 Å². The zero-order chi connectivity index (χ0) is 26.9. The predicted octanol–water partition coefficient (Wildman–Crippen LogP) is 4.12. The fourth-order valence-corrected chi connectivity index (χ4v) is 5.97.